The molecule has 0 aliphatic carbocycles. The third-order valence-electron chi connectivity index (χ3n) is 5.33. The van der Waals surface area contributed by atoms with E-state index in [1.54, 1.807) is 0 Å². The molecule has 1 aromatic heterocycles. The molecule has 1 amide bonds. The first-order chi connectivity index (χ1) is 14.2. The number of piperazine rings is 1. The van der Waals surface area contributed by atoms with Crippen LogP contribution in [0, 0.1) is 0 Å². The number of rotatable bonds is 2. The highest BCUT2D eigenvalue weighted by Crippen LogP contribution is 2.22. The predicted octanol–water partition coefficient (Wildman–Crippen LogP) is 4.40. The number of benzene rings is 3. The summed E-state index contributed by atoms with van der Waals surface area (Å²) in [5, 5.41) is 0.728. The van der Waals surface area contributed by atoms with E-state index >= 15 is 0 Å². The van der Waals surface area contributed by atoms with Crippen LogP contribution in [0.4, 0.5) is 5.69 Å². The molecular weight excluding hydrogens is 384 g/mol. The third-order valence-corrected chi connectivity index (χ3v) is 5.56. The van der Waals surface area contributed by atoms with Gasteiger partial charge in [0.1, 0.15) is 0 Å². The average molecular weight is 403 g/mol. The molecular formula is C23H19ClN4O. The lowest BCUT2D eigenvalue weighted by Gasteiger charge is -2.36. The highest BCUT2D eigenvalue weighted by Gasteiger charge is 2.23. The molecule has 5 rings (SSSR count). The summed E-state index contributed by atoms with van der Waals surface area (Å²) in [4.78, 5) is 26.5. The zero-order chi connectivity index (χ0) is 19.8. The minimum Gasteiger partial charge on any atom is -0.368 e. The second-order valence-corrected chi connectivity index (χ2v) is 7.61. The summed E-state index contributed by atoms with van der Waals surface area (Å²) >= 11 is 6.11. The van der Waals surface area contributed by atoms with Crippen molar-refractivity contribution in [2.24, 2.45) is 0 Å². The van der Waals surface area contributed by atoms with Gasteiger partial charge in [0.05, 0.1) is 22.1 Å². The second-order valence-electron chi connectivity index (χ2n) is 7.17. The van der Waals surface area contributed by atoms with Crippen LogP contribution in [-0.2, 0) is 0 Å². The first-order valence-corrected chi connectivity index (χ1v) is 10.0. The van der Waals surface area contributed by atoms with Crippen molar-refractivity contribution in [3.05, 3.63) is 77.3 Å². The fourth-order valence-corrected chi connectivity index (χ4v) is 3.96. The Morgan fingerprint density at radius 3 is 2.17 bits per heavy atom. The van der Waals surface area contributed by atoms with E-state index in [9.17, 15) is 4.79 Å². The van der Waals surface area contributed by atoms with Crippen molar-refractivity contribution in [1.29, 1.82) is 0 Å². The molecule has 1 aliphatic rings. The lowest BCUT2D eigenvalue weighted by molar-refractivity contribution is 0.0747. The number of aromatic nitrogens is 2. The number of amides is 1. The van der Waals surface area contributed by atoms with Gasteiger partial charge in [-0.15, -0.1) is 0 Å². The van der Waals surface area contributed by atoms with Crippen LogP contribution < -0.4 is 4.90 Å². The Balaban J connectivity index is 1.35. The average Bonchev–Trinajstić information content (AvgIpc) is 2.77. The van der Waals surface area contributed by atoms with Crippen molar-refractivity contribution in [1.82, 2.24) is 14.9 Å². The first-order valence-electron chi connectivity index (χ1n) is 9.64. The number of para-hydroxylation sites is 2. The molecule has 6 heteroatoms. The quantitative estimate of drug-likeness (QED) is 0.466. The Morgan fingerprint density at radius 2 is 1.45 bits per heavy atom. The van der Waals surface area contributed by atoms with Crippen LogP contribution in [0.5, 0.6) is 0 Å². The molecule has 1 fully saturated rings. The van der Waals surface area contributed by atoms with E-state index in [1.165, 1.54) is 0 Å². The maximum Gasteiger partial charge on any atom is 0.254 e. The highest BCUT2D eigenvalue weighted by molar-refractivity contribution is 6.30. The van der Waals surface area contributed by atoms with Gasteiger partial charge in [-0.3, -0.25) is 4.79 Å². The molecule has 5 nitrogen and oxygen atoms in total. The number of anilines is 1. The van der Waals surface area contributed by atoms with Gasteiger partial charge in [-0.2, -0.15) is 0 Å². The largest absolute Gasteiger partial charge is 0.368 e. The van der Waals surface area contributed by atoms with E-state index in [4.69, 9.17) is 11.6 Å². The third kappa shape index (κ3) is 3.49. The lowest BCUT2D eigenvalue weighted by atomic mass is 10.1. The molecule has 0 bridgehead atoms. The van der Waals surface area contributed by atoms with Crippen LogP contribution in [-0.4, -0.2) is 47.0 Å². The molecule has 0 N–H and O–H groups in total. The van der Waals surface area contributed by atoms with Gasteiger partial charge in [-0.05, 0) is 48.5 Å². The molecule has 1 saturated heterocycles. The monoisotopic (exact) mass is 402 g/mol. The molecule has 0 saturated carbocycles. The Labute approximate surface area is 173 Å². The summed E-state index contributed by atoms with van der Waals surface area (Å²) in [7, 11) is 0. The number of hydrogen-bond donors (Lipinski definition) is 0. The van der Waals surface area contributed by atoms with Gasteiger partial charge < -0.3 is 9.80 Å². The van der Waals surface area contributed by atoms with E-state index in [0.717, 1.165) is 45.9 Å². The van der Waals surface area contributed by atoms with E-state index in [-0.39, 0.29) is 5.91 Å². The van der Waals surface area contributed by atoms with Gasteiger partial charge in [-0.1, -0.05) is 29.8 Å². The van der Waals surface area contributed by atoms with Gasteiger partial charge in [0, 0.05) is 42.5 Å². The molecule has 4 aromatic rings. The smallest absolute Gasteiger partial charge is 0.254 e. The van der Waals surface area contributed by atoms with Crippen molar-refractivity contribution in [3.8, 4) is 0 Å². The predicted molar refractivity (Wildman–Crippen MR) is 117 cm³/mol. The fourth-order valence-electron chi connectivity index (χ4n) is 3.78. The minimum absolute atomic E-state index is 0.0348. The number of carbonyl (C=O) groups excluding carboxylic acids is 1. The first kappa shape index (κ1) is 17.9. The van der Waals surface area contributed by atoms with Crippen LogP contribution in [0.15, 0.2) is 66.7 Å². The lowest BCUT2D eigenvalue weighted by Crippen LogP contribution is -2.48. The van der Waals surface area contributed by atoms with Crippen LogP contribution in [0.1, 0.15) is 10.4 Å². The van der Waals surface area contributed by atoms with Crippen molar-refractivity contribution in [2.45, 2.75) is 0 Å². The van der Waals surface area contributed by atoms with Crippen LogP contribution in [0.25, 0.3) is 22.1 Å². The molecule has 2 heterocycles. The Bertz CT molecular complexity index is 1220. The van der Waals surface area contributed by atoms with Gasteiger partial charge in [0.2, 0.25) is 0 Å². The summed E-state index contributed by atoms with van der Waals surface area (Å²) in [6.07, 6.45) is 0. The van der Waals surface area contributed by atoms with Crippen molar-refractivity contribution >= 4 is 45.3 Å². The molecule has 144 valence electrons. The summed E-state index contributed by atoms with van der Waals surface area (Å²) < 4.78 is 0. The van der Waals surface area contributed by atoms with Gasteiger partial charge in [0.15, 0.2) is 0 Å². The zero-order valence-corrected chi connectivity index (χ0v) is 16.5. The van der Waals surface area contributed by atoms with Crippen LogP contribution in [0.3, 0.4) is 0 Å². The van der Waals surface area contributed by atoms with E-state index in [2.05, 4.69) is 20.9 Å². The number of fused-ring (bicyclic) bond motifs is 2. The molecule has 1 aliphatic heterocycles. The minimum atomic E-state index is 0.0348. The fraction of sp³-hybridized carbons (Fsp3) is 0.174. The summed E-state index contributed by atoms with van der Waals surface area (Å²) in [5.74, 6) is 0.0348. The molecule has 0 radical (unpaired) electrons. The summed E-state index contributed by atoms with van der Waals surface area (Å²) in [6, 6.07) is 21.2. The molecule has 0 atom stereocenters. The highest BCUT2D eigenvalue weighted by atomic mass is 35.5. The molecule has 0 spiro atoms. The SMILES string of the molecule is O=C(c1ccc2nc3ccccc3nc2c1)N1CCN(c2cccc(Cl)c2)CC1. The van der Waals surface area contributed by atoms with E-state index in [1.807, 2.05) is 65.6 Å². The van der Waals surface area contributed by atoms with E-state index in [0.29, 0.717) is 18.7 Å². The van der Waals surface area contributed by atoms with Crippen molar-refractivity contribution < 1.29 is 4.79 Å². The second kappa shape index (κ2) is 7.33. The summed E-state index contributed by atoms with van der Waals surface area (Å²) in [6.45, 7) is 2.91. The molecule has 29 heavy (non-hydrogen) atoms. The zero-order valence-electron chi connectivity index (χ0n) is 15.8. The standard InChI is InChI=1S/C23H19ClN4O/c24-17-4-3-5-18(15-17)27-10-12-28(13-11-27)23(29)16-8-9-21-22(14-16)26-20-7-2-1-6-19(20)25-21/h1-9,14-15H,10-13H2. The van der Waals surface area contributed by atoms with Gasteiger partial charge in [-0.25, -0.2) is 9.97 Å². The maximum absolute atomic E-state index is 13.0. The maximum atomic E-state index is 13.0. The summed E-state index contributed by atoms with van der Waals surface area (Å²) in [5.41, 5.74) is 4.98. The Kier molecular flexibility index (Phi) is 4.52. The van der Waals surface area contributed by atoms with Gasteiger partial charge in [0.25, 0.3) is 5.91 Å². The van der Waals surface area contributed by atoms with Gasteiger partial charge >= 0.3 is 0 Å². The molecule has 3 aromatic carbocycles. The van der Waals surface area contributed by atoms with Crippen molar-refractivity contribution in [2.75, 3.05) is 31.1 Å². The Morgan fingerprint density at radius 1 is 0.759 bits per heavy atom. The number of nitrogens with zero attached hydrogens (tertiary/aromatic N) is 4. The normalized spacial score (nSPS) is 14.5. The number of hydrogen-bond acceptors (Lipinski definition) is 4. The molecule has 0 unspecified atom stereocenters. The number of carbonyl (C=O) groups is 1. The number of halogens is 1. The Hall–Kier alpha value is -3.18. The topological polar surface area (TPSA) is 49.3 Å². The van der Waals surface area contributed by atoms with Crippen molar-refractivity contribution in [3.63, 3.8) is 0 Å². The van der Waals surface area contributed by atoms with Crippen LogP contribution in [0.2, 0.25) is 5.02 Å². The van der Waals surface area contributed by atoms with E-state index < -0.39 is 0 Å². The van der Waals surface area contributed by atoms with Crippen LogP contribution >= 0.6 is 11.6 Å².